The number of aromatic nitrogens is 1. The van der Waals surface area contributed by atoms with Gasteiger partial charge < -0.3 is 14.6 Å². The minimum Gasteiger partial charge on any atom is -0.438 e. The maximum absolute atomic E-state index is 12.9. The fraction of sp³-hybridized carbons (Fsp3) is 0.500. The fourth-order valence-corrected chi connectivity index (χ4v) is 4.43. The number of fused-ring (bicyclic) bond motifs is 1. The summed E-state index contributed by atoms with van der Waals surface area (Å²) in [4.78, 5) is 33.3. The monoisotopic (exact) mass is 396 g/mol. The Bertz CT molecular complexity index is 894. The van der Waals surface area contributed by atoms with Crippen molar-refractivity contribution < 1.29 is 14.0 Å². The van der Waals surface area contributed by atoms with Crippen LogP contribution in [0.15, 0.2) is 35.1 Å². The van der Waals surface area contributed by atoms with Gasteiger partial charge in [-0.1, -0.05) is 24.3 Å². The van der Waals surface area contributed by atoms with Crippen molar-refractivity contribution in [3.05, 3.63) is 53.2 Å². The lowest BCUT2D eigenvalue weighted by atomic mass is 9.99. The van der Waals surface area contributed by atoms with Gasteiger partial charge in [0.2, 0.25) is 11.7 Å². The van der Waals surface area contributed by atoms with Gasteiger partial charge in [-0.05, 0) is 44.4 Å². The van der Waals surface area contributed by atoms with Crippen molar-refractivity contribution in [1.29, 1.82) is 0 Å². The van der Waals surface area contributed by atoms with Crippen molar-refractivity contribution in [2.45, 2.75) is 51.2 Å². The molecule has 1 fully saturated rings. The number of benzene rings is 1. The van der Waals surface area contributed by atoms with Crippen LogP contribution < -0.4 is 5.32 Å². The fourth-order valence-electron chi connectivity index (χ4n) is 4.43. The highest BCUT2D eigenvalue weighted by Crippen LogP contribution is 2.26. The van der Waals surface area contributed by atoms with Crippen LogP contribution in [-0.2, 0) is 17.8 Å². The first-order valence-corrected chi connectivity index (χ1v) is 10.3. The summed E-state index contributed by atoms with van der Waals surface area (Å²) in [6.45, 7) is 3.79. The van der Waals surface area contributed by atoms with Crippen molar-refractivity contribution >= 4 is 11.8 Å². The van der Waals surface area contributed by atoms with Crippen LogP contribution in [0, 0.1) is 6.92 Å². The summed E-state index contributed by atoms with van der Waals surface area (Å²) >= 11 is 0. The molecular formula is C22H28N4O3. The maximum atomic E-state index is 12.9. The molecule has 0 unspecified atom stereocenters. The Morgan fingerprint density at radius 1 is 1.21 bits per heavy atom. The zero-order chi connectivity index (χ0) is 20.4. The van der Waals surface area contributed by atoms with E-state index in [1.54, 1.807) is 6.92 Å². The Labute approximate surface area is 171 Å². The zero-order valence-corrected chi connectivity index (χ0v) is 17.1. The van der Waals surface area contributed by atoms with Crippen molar-refractivity contribution in [1.82, 2.24) is 20.1 Å². The molecular weight excluding hydrogens is 368 g/mol. The SMILES string of the molecule is Cc1ncoc1C(=O)NC[C@@H]1CC[C@H](CC(=O)N2CCc3ccccc3C2)N1C. The molecule has 4 rings (SSSR count). The highest BCUT2D eigenvalue weighted by molar-refractivity contribution is 5.92. The molecule has 7 heteroatoms. The number of carbonyl (C=O) groups excluding carboxylic acids is 2. The lowest BCUT2D eigenvalue weighted by Crippen LogP contribution is -2.43. The van der Waals surface area contributed by atoms with E-state index in [1.165, 1.54) is 17.5 Å². The minimum absolute atomic E-state index is 0.216. The molecule has 1 aromatic heterocycles. The predicted molar refractivity (Wildman–Crippen MR) is 108 cm³/mol. The first kappa shape index (κ1) is 19.6. The first-order valence-electron chi connectivity index (χ1n) is 10.3. The third kappa shape index (κ3) is 4.19. The molecule has 0 saturated carbocycles. The average molecular weight is 396 g/mol. The molecule has 2 amide bonds. The predicted octanol–water partition coefficient (Wildman–Crippen LogP) is 2.15. The molecule has 29 heavy (non-hydrogen) atoms. The van der Waals surface area contributed by atoms with Crippen LogP contribution in [0.1, 0.15) is 46.6 Å². The van der Waals surface area contributed by atoms with Crippen molar-refractivity contribution in [2.75, 3.05) is 20.1 Å². The molecule has 2 aliphatic heterocycles. The third-order valence-corrected chi connectivity index (χ3v) is 6.33. The highest BCUT2D eigenvalue weighted by atomic mass is 16.3. The lowest BCUT2D eigenvalue weighted by Gasteiger charge is -2.31. The van der Waals surface area contributed by atoms with E-state index in [0.29, 0.717) is 25.2 Å². The van der Waals surface area contributed by atoms with Gasteiger partial charge in [0.25, 0.3) is 5.91 Å². The molecule has 2 atom stereocenters. The highest BCUT2D eigenvalue weighted by Gasteiger charge is 2.33. The number of likely N-dealkylation sites (N-methyl/N-ethyl adjacent to an activating group) is 1. The number of aryl methyl sites for hydroxylation is 1. The van der Waals surface area contributed by atoms with E-state index in [2.05, 4.69) is 33.4 Å². The maximum Gasteiger partial charge on any atom is 0.289 e. The zero-order valence-electron chi connectivity index (χ0n) is 17.1. The van der Waals surface area contributed by atoms with E-state index in [0.717, 1.165) is 25.8 Å². The molecule has 7 nitrogen and oxygen atoms in total. The van der Waals surface area contributed by atoms with Gasteiger partial charge in [0, 0.05) is 38.1 Å². The quantitative estimate of drug-likeness (QED) is 0.838. The lowest BCUT2D eigenvalue weighted by molar-refractivity contribution is -0.133. The summed E-state index contributed by atoms with van der Waals surface area (Å²) in [6.07, 6.45) is 4.68. The summed E-state index contributed by atoms with van der Waals surface area (Å²) in [5, 5.41) is 2.94. The Morgan fingerprint density at radius 2 is 1.97 bits per heavy atom. The van der Waals surface area contributed by atoms with E-state index in [9.17, 15) is 9.59 Å². The van der Waals surface area contributed by atoms with Crippen LogP contribution >= 0.6 is 0 Å². The van der Waals surface area contributed by atoms with Gasteiger partial charge in [0.1, 0.15) is 0 Å². The number of nitrogens with one attached hydrogen (secondary N) is 1. The Morgan fingerprint density at radius 3 is 2.72 bits per heavy atom. The van der Waals surface area contributed by atoms with Crippen molar-refractivity contribution in [3.63, 3.8) is 0 Å². The van der Waals surface area contributed by atoms with Crippen LogP contribution in [0.4, 0.5) is 0 Å². The smallest absolute Gasteiger partial charge is 0.289 e. The topological polar surface area (TPSA) is 78.7 Å². The van der Waals surface area contributed by atoms with Gasteiger partial charge in [0.15, 0.2) is 6.39 Å². The molecule has 1 aromatic carbocycles. The molecule has 0 spiro atoms. The van der Waals surface area contributed by atoms with Gasteiger partial charge in [-0.2, -0.15) is 0 Å². The van der Waals surface area contributed by atoms with Crippen molar-refractivity contribution in [2.24, 2.45) is 0 Å². The van der Waals surface area contributed by atoms with Gasteiger partial charge in [-0.15, -0.1) is 0 Å². The second-order valence-corrected chi connectivity index (χ2v) is 8.07. The second-order valence-electron chi connectivity index (χ2n) is 8.07. The van der Waals surface area contributed by atoms with Crippen LogP contribution in [0.25, 0.3) is 0 Å². The summed E-state index contributed by atoms with van der Waals surface area (Å²) in [7, 11) is 2.05. The summed E-state index contributed by atoms with van der Waals surface area (Å²) in [5.41, 5.74) is 3.20. The molecule has 3 heterocycles. The number of hydrogen-bond donors (Lipinski definition) is 1. The van der Waals surface area contributed by atoms with Gasteiger partial charge >= 0.3 is 0 Å². The number of carbonyl (C=O) groups is 2. The Kier molecular flexibility index (Phi) is 5.67. The first-order chi connectivity index (χ1) is 14.0. The van der Waals surface area contributed by atoms with E-state index in [-0.39, 0.29) is 29.7 Å². The summed E-state index contributed by atoms with van der Waals surface area (Å²) in [5.74, 6) is 0.251. The second kappa shape index (κ2) is 8.37. The van der Waals surface area contributed by atoms with Crippen LogP contribution in [0.3, 0.4) is 0 Å². The standard InChI is InChI=1S/C22H28N4O3/c1-15-21(29-14-24-15)22(28)23-12-19-8-7-18(25(19)2)11-20(27)26-10-9-16-5-3-4-6-17(16)13-26/h3-6,14,18-19H,7-13H2,1-2H3,(H,23,28)/t18-,19+/m1/s1. The van der Waals surface area contributed by atoms with Crippen molar-refractivity contribution in [3.8, 4) is 0 Å². The molecule has 154 valence electrons. The molecule has 2 aliphatic rings. The van der Waals surface area contributed by atoms with Crippen LogP contribution in [0.5, 0.6) is 0 Å². The number of hydrogen-bond acceptors (Lipinski definition) is 5. The van der Waals surface area contributed by atoms with E-state index in [4.69, 9.17) is 4.42 Å². The summed E-state index contributed by atoms with van der Waals surface area (Å²) < 4.78 is 5.15. The average Bonchev–Trinajstić information content (AvgIpc) is 3.31. The molecule has 0 bridgehead atoms. The largest absolute Gasteiger partial charge is 0.438 e. The number of oxazole rings is 1. The minimum atomic E-state index is -0.236. The van der Waals surface area contributed by atoms with Crippen LogP contribution in [-0.4, -0.2) is 58.8 Å². The number of amides is 2. The summed E-state index contributed by atoms with van der Waals surface area (Å²) in [6, 6.07) is 8.81. The third-order valence-electron chi connectivity index (χ3n) is 6.33. The van der Waals surface area contributed by atoms with Gasteiger partial charge in [-0.3, -0.25) is 14.5 Å². The number of nitrogens with zero attached hydrogens (tertiary/aromatic N) is 3. The molecule has 2 aromatic rings. The normalized spacial score (nSPS) is 21.8. The Hall–Kier alpha value is -2.67. The molecule has 1 N–H and O–H groups in total. The van der Waals surface area contributed by atoms with E-state index < -0.39 is 0 Å². The number of rotatable bonds is 5. The van der Waals surface area contributed by atoms with Gasteiger partial charge in [0.05, 0.1) is 5.69 Å². The van der Waals surface area contributed by atoms with Crippen LogP contribution in [0.2, 0.25) is 0 Å². The van der Waals surface area contributed by atoms with Gasteiger partial charge in [-0.25, -0.2) is 4.98 Å². The molecule has 0 radical (unpaired) electrons. The van der Waals surface area contributed by atoms with E-state index in [1.807, 2.05) is 18.0 Å². The number of likely N-dealkylation sites (tertiary alicyclic amines) is 1. The molecule has 1 saturated heterocycles. The Balaban J connectivity index is 1.28. The van der Waals surface area contributed by atoms with E-state index >= 15 is 0 Å². The molecule has 0 aliphatic carbocycles.